The Morgan fingerprint density at radius 1 is 1.25 bits per heavy atom. The Kier molecular flexibility index (Phi) is 3.70. The number of benzene rings is 2. The van der Waals surface area contributed by atoms with Crippen LogP contribution in [0.2, 0.25) is 0 Å². The minimum atomic E-state index is -0.141. The van der Waals surface area contributed by atoms with Crippen molar-refractivity contribution in [3.63, 3.8) is 0 Å². The van der Waals surface area contributed by atoms with Crippen LogP contribution in [0.1, 0.15) is 22.7 Å². The first-order valence-electron chi connectivity index (χ1n) is 6.94. The van der Waals surface area contributed by atoms with Gasteiger partial charge in [0.2, 0.25) is 0 Å². The molecule has 2 nitrogen and oxygen atoms in total. The fourth-order valence-corrected chi connectivity index (χ4v) is 2.69. The van der Waals surface area contributed by atoms with Gasteiger partial charge < -0.3 is 10.1 Å². The lowest BCUT2D eigenvalue weighted by atomic mass is 9.96. The van der Waals surface area contributed by atoms with E-state index in [4.69, 9.17) is 4.74 Å². The van der Waals surface area contributed by atoms with Crippen LogP contribution in [0.25, 0.3) is 0 Å². The molecule has 3 rings (SSSR count). The van der Waals surface area contributed by atoms with Crippen LogP contribution in [-0.4, -0.2) is 13.7 Å². The molecule has 0 aromatic heterocycles. The molecule has 1 aliphatic heterocycles. The molecule has 104 valence electrons. The Bertz CT molecular complexity index is 612. The fourth-order valence-electron chi connectivity index (χ4n) is 2.69. The van der Waals surface area contributed by atoms with Gasteiger partial charge in [0.15, 0.2) is 0 Å². The Labute approximate surface area is 118 Å². The molecule has 3 heteroatoms. The van der Waals surface area contributed by atoms with Gasteiger partial charge in [0.05, 0.1) is 6.61 Å². The normalized spacial score (nSPS) is 14.7. The SMILES string of the molecule is CNC(Cc1ccccc1F)c1ccc2c(c1)CCO2. The number of nitrogens with one attached hydrogen (secondary N) is 1. The second kappa shape index (κ2) is 5.63. The number of ether oxygens (including phenoxy) is 1. The van der Waals surface area contributed by atoms with Gasteiger partial charge in [-0.2, -0.15) is 0 Å². The summed E-state index contributed by atoms with van der Waals surface area (Å²) in [5.41, 5.74) is 3.17. The van der Waals surface area contributed by atoms with E-state index in [2.05, 4.69) is 17.4 Å². The third-order valence-corrected chi connectivity index (χ3v) is 3.85. The molecule has 1 heterocycles. The third kappa shape index (κ3) is 2.54. The maximum atomic E-state index is 13.8. The zero-order chi connectivity index (χ0) is 13.9. The molecule has 1 unspecified atom stereocenters. The van der Waals surface area contributed by atoms with E-state index >= 15 is 0 Å². The van der Waals surface area contributed by atoms with E-state index in [1.165, 1.54) is 17.2 Å². The molecular weight excluding hydrogens is 253 g/mol. The topological polar surface area (TPSA) is 21.3 Å². The second-order valence-electron chi connectivity index (χ2n) is 5.10. The quantitative estimate of drug-likeness (QED) is 0.921. The molecule has 0 amide bonds. The van der Waals surface area contributed by atoms with Crippen molar-refractivity contribution in [1.29, 1.82) is 0 Å². The summed E-state index contributed by atoms with van der Waals surface area (Å²) < 4.78 is 19.3. The largest absolute Gasteiger partial charge is 0.493 e. The van der Waals surface area contributed by atoms with Crippen molar-refractivity contribution in [3.8, 4) is 5.75 Å². The Hall–Kier alpha value is -1.87. The van der Waals surface area contributed by atoms with Crippen LogP contribution in [0, 0.1) is 5.82 Å². The van der Waals surface area contributed by atoms with Gasteiger partial charge in [0, 0.05) is 12.5 Å². The monoisotopic (exact) mass is 271 g/mol. The molecule has 20 heavy (non-hydrogen) atoms. The number of halogens is 1. The number of fused-ring (bicyclic) bond motifs is 1. The molecule has 0 spiro atoms. The van der Waals surface area contributed by atoms with Gasteiger partial charge in [-0.3, -0.25) is 0 Å². The van der Waals surface area contributed by atoms with Gasteiger partial charge in [-0.15, -0.1) is 0 Å². The van der Waals surface area contributed by atoms with Crippen molar-refractivity contribution in [2.75, 3.05) is 13.7 Å². The van der Waals surface area contributed by atoms with Crippen molar-refractivity contribution < 1.29 is 9.13 Å². The van der Waals surface area contributed by atoms with Crippen molar-refractivity contribution in [3.05, 3.63) is 65.0 Å². The van der Waals surface area contributed by atoms with Gasteiger partial charge in [-0.05, 0) is 42.3 Å². The van der Waals surface area contributed by atoms with Crippen LogP contribution in [0.3, 0.4) is 0 Å². The summed E-state index contributed by atoms with van der Waals surface area (Å²) in [4.78, 5) is 0. The van der Waals surface area contributed by atoms with Crippen molar-refractivity contribution >= 4 is 0 Å². The third-order valence-electron chi connectivity index (χ3n) is 3.85. The molecule has 0 bridgehead atoms. The summed E-state index contributed by atoms with van der Waals surface area (Å²) in [5, 5.41) is 3.28. The lowest BCUT2D eigenvalue weighted by Crippen LogP contribution is -2.19. The van der Waals surface area contributed by atoms with E-state index in [1.807, 2.05) is 25.2 Å². The zero-order valence-corrected chi connectivity index (χ0v) is 11.5. The average Bonchev–Trinajstić information content (AvgIpc) is 2.94. The predicted octanol–water partition coefficient (Wildman–Crippen LogP) is 3.26. The van der Waals surface area contributed by atoms with E-state index in [1.54, 1.807) is 6.07 Å². The molecule has 0 saturated carbocycles. The van der Waals surface area contributed by atoms with Crippen LogP contribution >= 0.6 is 0 Å². The van der Waals surface area contributed by atoms with Gasteiger partial charge in [0.1, 0.15) is 11.6 Å². The van der Waals surface area contributed by atoms with E-state index < -0.39 is 0 Å². The standard InChI is InChI=1S/C17H18FNO/c1-19-16(11-12-4-2-3-5-15(12)18)13-6-7-17-14(10-13)8-9-20-17/h2-7,10,16,19H,8-9,11H2,1H3. The fraction of sp³-hybridized carbons (Fsp3) is 0.294. The highest BCUT2D eigenvalue weighted by Crippen LogP contribution is 2.29. The number of likely N-dealkylation sites (N-methyl/N-ethyl adjacent to an activating group) is 1. The molecule has 0 saturated heterocycles. The molecule has 2 aromatic rings. The molecule has 0 aliphatic carbocycles. The summed E-state index contributed by atoms with van der Waals surface area (Å²) in [6.07, 6.45) is 1.60. The highest BCUT2D eigenvalue weighted by atomic mass is 19.1. The maximum Gasteiger partial charge on any atom is 0.126 e. The van der Waals surface area contributed by atoms with E-state index in [0.29, 0.717) is 6.42 Å². The summed E-state index contributed by atoms with van der Waals surface area (Å²) >= 11 is 0. The van der Waals surface area contributed by atoms with Gasteiger partial charge >= 0.3 is 0 Å². The average molecular weight is 271 g/mol. The van der Waals surface area contributed by atoms with E-state index in [9.17, 15) is 4.39 Å². The van der Waals surface area contributed by atoms with Crippen LogP contribution in [-0.2, 0) is 12.8 Å². The smallest absolute Gasteiger partial charge is 0.126 e. The number of hydrogen-bond acceptors (Lipinski definition) is 2. The minimum Gasteiger partial charge on any atom is -0.493 e. The summed E-state index contributed by atoms with van der Waals surface area (Å²) in [6.45, 7) is 0.760. The van der Waals surface area contributed by atoms with Crippen LogP contribution < -0.4 is 10.1 Å². The van der Waals surface area contributed by atoms with E-state index in [0.717, 1.165) is 24.3 Å². The highest BCUT2D eigenvalue weighted by Gasteiger charge is 2.17. The zero-order valence-electron chi connectivity index (χ0n) is 11.5. The summed E-state index contributed by atoms with van der Waals surface area (Å²) in [5.74, 6) is 0.840. The first-order chi connectivity index (χ1) is 9.78. The van der Waals surface area contributed by atoms with Crippen molar-refractivity contribution in [2.45, 2.75) is 18.9 Å². The Morgan fingerprint density at radius 3 is 2.90 bits per heavy atom. The molecule has 1 N–H and O–H groups in total. The molecule has 1 atom stereocenters. The number of hydrogen-bond donors (Lipinski definition) is 1. The maximum absolute atomic E-state index is 13.8. The lowest BCUT2D eigenvalue weighted by Gasteiger charge is -2.18. The van der Waals surface area contributed by atoms with Gasteiger partial charge in [-0.25, -0.2) is 4.39 Å². The van der Waals surface area contributed by atoms with Crippen molar-refractivity contribution in [1.82, 2.24) is 5.32 Å². The van der Waals surface area contributed by atoms with Crippen LogP contribution in [0.15, 0.2) is 42.5 Å². The minimum absolute atomic E-state index is 0.109. The van der Waals surface area contributed by atoms with Crippen LogP contribution in [0.4, 0.5) is 4.39 Å². The number of rotatable bonds is 4. The molecule has 1 aliphatic rings. The highest BCUT2D eigenvalue weighted by molar-refractivity contribution is 5.41. The van der Waals surface area contributed by atoms with Gasteiger partial charge in [-0.1, -0.05) is 30.3 Å². The molecule has 0 fully saturated rings. The van der Waals surface area contributed by atoms with Crippen molar-refractivity contribution in [2.24, 2.45) is 0 Å². The molecule has 0 radical (unpaired) electrons. The summed E-state index contributed by atoms with van der Waals surface area (Å²) in [6, 6.07) is 13.3. The van der Waals surface area contributed by atoms with Gasteiger partial charge in [0.25, 0.3) is 0 Å². The first-order valence-corrected chi connectivity index (χ1v) is 6.94. The lowest BCUT2D eigenvalue weighted by molar-refractivity contribution is 0.356. The molecular formula is C17H18FNO. The Balaban J connectivity index is 1.85. The molecule has 2 aromatic carbocycles. The Morgan fingerprint density at radius 2 is 2.10 bits per heavy atom. The summed E-state index contributed by atoms with van der Waals surface area (Å²) in [7, 11) is 1.91. The van der Waals surface area contributed by atoms with E-state index in [-0.39, 0.29) is 11.9 Å². The second-order valence-corrected chi connectivity index (χ2v) is 5.10. The first kappa shape index (κ1) is 13.1. The predicted molar refractivity (Wildman–Crippen MR) is 77.5 cm³/mol. The van der Waals surface area contributed by atoms with Crippen LogP contribution in [0.5, 0.6) is 5.75 Å².